The van der Waals surface area contributed by atoms with E-state index in [1.807, 2.05) is 6.92 Å². The molecule has 0 bridgehead atoms. The number of sulfone groups is 1. The van der Waals surface area contributed by atoms with Crippen molar-refractivity contribution in [2.45, 2.75) is 47.9 Å². The molecule has 2 atom stereocenters. The summed E-state index contributed by atoms with van der Waals surface area (Å²) in [5.41, 5.74) is 5.20. The molecule has 0 spiro atoms. The van der Waals surface area contributed by atoms with E-state index in [2.05, 4.69) is 4.72 Å². The Morgan fingerprint density at radius 3 is 2.48 bits per heavy atom. The minimum atomic E-state index is -4.01. The van der Waals surface area contributed by atoms with E-state index in [4.69, 9.17) is 10.5 Å². The van der Waals surface area contributed by atoms with Crippen LogP contribution in [-0.4, -0.2) is 42.3 Å². The van der Waals surface area contributed by atoms with Gasteiger partial charge in [-0.3, -0.25) is 0 Å². The summed E-state index contributed by atoms with van der Waals surface area (Å²) < 4.78 is 57.5. The van der Waals surface area contributed by atoms with Crippen molar-refractivity contribution in [1.29, 1.82) is 0 Å². The quantitative estimate of drug-likeness (QED) is 0.756. The third kappa shape index (κ3) is 4.16. The normalized spacial score (nSPS) is 24.9. The highest BCUT2D eigenvalue weighted by atomic mass is 32.2. The lowest BCUT2D eigenvalue weighted by atomic mass is 9.74. The first-order valence-electron chi connectivity index (χ1n) is 8.18. The Hall–Kier alpha value is -1.16. The summed E-state index contributed by atoms with van der Waals surface area (Å²) in [4.78, 5) is -0.268. The fourth-order valence-corrected chi connectivity index (χ4v) is 5.78. The second kappa shape index (κ2) is 7.22. The van der Waals surface area contributed by atoms with E-state index < -0.39 is 25.4 Å². The molecule has 9 heteroatoms. The van der Waals surface area contributed by atoms with Crippen LogP contribution in [0, 0.1) is 5.92 Å². The van der Waals surface area contributed by atoms with Crippen LogP contribution in [0.25, 0.3) is 0 Å². The van der Waals surface area contributed by atoms with Crippen LogP contribution in [0.4, 0.5) is 0 Å². The summed E-state index contributed by atoms with van der Waals surface area (Å²) in [6.07, 6.45) is 4.50. The largest absolute Gasteiger partial charge is 0.495 e. The Morgan fingerprint density at radius 2 is 1.96 bits per heavy atom. The van der Waals surface area contributed by atoms with Gasteiger partial charge in [-0.05, 0) is 37.0 Å². The van der Waals surface area contributed by atoms with Crippen molar-refractivity contribution in [3.05, 3.63) is 18.2 Å². The van der Waals surface area contributed by atoms with Crippen LogP contribution >= 0.6 is 0 Å². The predicted octanol–water partition coefficient (Wildman–Crippen LogP) is 1.28. The lowest BCUT2D eigenvalue weighted by molar-refractivity contribution is 0.191. The van der Waals surface area contributed by atoms with E-state index in [0.717, 1.165) is 31.6 Å². The maximum atomic E-state index is 13.0. The molecule has 1 saturated carbocycles. The molecule has 7 nitrogen and oxygen atoms in total. The van der Waals surface area contributed by atoms with E-state index in [0.29, 0.717) is 6.42 Å². The summed E-state index contributed by atoms with van der Waals surface area (Å²) in [7, 11) is -6.21. The van der Waals surface area contributed by atoms with Crippen LogP contribution in [0.5, 0.6) is 5.75 Å². The molecular formula is C16H26N2O5S2. The monoisotopic (exact) mass is 390 g/mol. The van der Waals surface area contributed by atoms with Gasteiger partial charge in [0.25, 0.3) is 0 Å². The molecule has 2 rings (SSSR count). The average molecular weight is 391 g/mol. The zero-order valence-corrected chi connectivity index (χ0v) is 16.4. The molecule has 0 amide bonds. The highest BCUT2D eigenvalue weighted by molar-refractivity contribution is 7.91. The lowest BCUT2D eigenvalue weighted by Crippen LogP contribution is -2.58. The van der Waals surface area contributed by atoms with Crippen LogP contribution in [0.3, 0.4) is 0 Å². The highest BCUT2D eigenvalue weighted by Gasteiger charge is 2.41. The molecule has 0 radical (unpaired) electrons. The maximum Gasteiger partial charge on any atom is 0.244 e. The van der Waals surface area contributed by atoms with Crippen LogP contribution in [0.15, 0.2) is 28.0 Å². The van der Waals surface area contributed by atoms with Crippen LogP contribution in [-0.2, 0) is 19.9 Å². The maximum absolute atomic E-state index is 13.0. The van der Waals surface area contributed by atoms with Crippen LogP contribution in [0.1, 0.15) is 32.6 Å². The molecular weight excluding hydrogens is 364 g/mol. The number of benzene rings is 1. The Balaban J connectivity index is 2.51. The summed E-state index contributed by atoms with van der Waals surface area (Å²) in [6, 6.07) is 3.81. The van der Waals surface area contributed by atoms with E-state index in [-0.39, 0.29) is 28.0 Å². The number of ether oxygens (including phenoxy) is 1. The van der Waals surface area contributed by atoms with E-state index >= 15 is 0 Å². The number of hydrogen-bond donors (Lipinski definition) is 2. The molecule has 142 valence electrons. The molecule has 0 aliphatic heterocycles. The number of sulfonamides is 1. The van der Waals surface area contributed by atoms with Gasteiger partial charge in [0.2, 0.25) is 10.0 Å². The van der Waals surface area contributed by atoms with Crippen molar-refractivity contribution in [3.8, 4) is 5.75 Å². The molecule has 3 N–H and O–H groups in total. The Bertz CT molecular complexity index is 836. The smallest absolute Gasteiger partial charge is 0.244 e. The van der Waals surface area contributed by atoms with Crippen molar-refractivity contribution in [2.24, 2.45) is 11.7 Å². The highest BCUT2D eigenvalue weighted by Crippen LogP contribution is 2.35. The van der Waals surface area contributed by atoms with Crippen molar-refractivity contribution < 1.29 is 21.6 Å². The predicted molar refractivity (Wildman–Crippen MR) is 95.8 cm³/mol. The topological polar surface area (TPSA) is 116 Å². The molecule has 1 aliphatic rings. The van der Waals surface area contributed by atoms with Gasteiger partial charge in [-0.15, -0.1) is 0 Å². The fraction of sp³-hybridized carbons (Fsp3) is 0.625. The van der Waals surface area contributed by atoms with Gasteiger partial charge in [0.15, 0.2) is 9.84 Å². The first-order valence-corrected chi connectivity index (χ1v) is 11.6. The van der Waals surface area contributed by atoms with E-state index in [1.165, 1.54) is 19.2 Å². The number of methoxy groups -OCH3 is 1. The molecule has 1 aromatic rings. The second-order valence-electron chi connectivity index (χ2n) is 6.70. The second-order valence-corrected chi connectivity index (χ2v) is 10.4. The average Bonchev–Trinajstić information content (AvgIpc) is 2.55. The van der Waals surface area contributed by atoms with Crippen molar-refractivity contribution >= 4 is 19.9 Å². The standard InChI is InChI=1S/C16H26N2O5S2/c1-12-6-4-5-9-16(12,11-17)18-25(21,22)15-10-13(24(3,19)20)7-8-14(15)23-2/h7-8,10,12,18H,4-6,9,11,17H2,1-3H3. The van der Waals surface area contributed by atoms with E-state index in [9.17, 15) is 16.8 Å². The van der Waals surface area contributed by atoms with Crippen molar-refractivity contribution in [1.82, 2.24) is 4.72 Å². The minimum absolute atomic E-state index is 0.0767. The molecule has 2 unspecified atom stereocenters. The van der Waals surface area contributed by atoms with Gasteiger partial charge in [0.1, 0.15) is 10.6 Å². The van der Waals surface area contributed by atoms with Gasteiger partial charge < -0.3 is 10.5 Å². The number of rotatable bonds is 6. The molecule has 0 heterocycles. The first kappa shape index (κ1) is 20.2. The minimum Gasteiger partial charge on any atom is -0.495 e. The Morgan fingerprint density at radius 1 is 1.28 bits per heavy atom. The zero-order valence-electron chi connectivity index (χ0n) is 14.8. The SMILES string of the molecule is COc1ccc(S(C)(=O)=O)cc1S(=O)(=O)NC1(CN)CCCCC1C. The molecule has 1 aromatic carbocycles. The molecule has 1 fully saturated rings. The number of hydrogen-bond acceptors (Lipinski definition) is 6. The molecule has 0 aromatic heterocycles. The zero-order chi connectivity index (χ0) is 18.9. The summed E-state index contributed by atoms with van der Waals surface area (Å²) in [5.74, 6) is 0.181. The number of nitrogens with two attached hydrogens (primary N) is 1. The third-order valence-corrected chi connectivity index (χ3v) is 7.69. The summed E-state index contributed by atoms with van der Waals surface area (Å²) >= 11 is 0. The summed E-state index contributed by atoms with van der Waals surface area (Å²) in [5, 5.41) is 0. The van der Waals surface area contributed by atoms with Gasteiger partial charge in [0.05, 0.1) is 12.0 Å². The fourth-order valence-electron chi connectivity index (χ4n) is 3.33. The summed E-state index contributed by atoms with van der Waals surface area (Å²) in [6.45, 7) is 2.17. The first-order chi connectivity index (χ1) is 11.6. The van der Waals surface area contributed by atoms with Gasteiger partial charge in [-0.25, -0.2) is 21.6 Å². The van der Waals surface area contributed by atoms with Gasteiger partial charge in [-0.1, -0.05) is 19.8 Å². The van der Waals surface area contributed by atoms with E-state index in [1.54, 1.807) is 0 Å². The van der Waals surface area contributed by atoms with Gasteiger partial charge in [0, 0.05) is 18.3 Å². The molecule has 1 aliphatic carbocycles. The van der Waals surface area contributed by atoms with Crippen LogP contribution in [0.2, 0.25) is 0 Å². The van der Waals surface area contributed by atoms with Crippen molar-refractivity contribution in [2.75, 3.05) is 19.9 Å². The Kier molecular flexibility index (Phi) is 5.82. The Labute approximate surface area is 149 Å². The van der Waals surface area contributed by atoms with Gasteiger partial charge >= 0.3 is 0 Å². The molecule has 0 saturated heterocycles. The third-order valence-electron chi connectivity index (χ3n) is 5.01. The number of nitrogens with one attached hydrogen (secondary N) is 1. The van der Waals surface area contributed by atoms with Gasteiger partial charge in [-0.2, -0.15) is 0 Å². The lowest BCUT2D eigenvalue weighted by Gasteiger charge is -2.42. The molecule has 25 heavy (non-hydrogen) atoms. The van der Waals surface area contributed by atoms with Crippen LogP contribution < -0.4 is 15.2 Å². The van der Waals surface area contributed by atoms with Crippen molar-refractivity contribution in [3.63, 3.8) is 0 Å².